The van der Waals surface area contributed by atoms with Crippen LogP contribution in [-0.2, 0) is 16.0 Å². The summed E-state index contributed by atoms with van der Waals surface area (Å²) in [6.07, 6.45) is 2.42. The zero-order valence-corrected chi connectivity index (χ0v) is 19.5. The highest BCUT2D eigenvalue weighted by Crippen LogP contribution is 2.34. The summed E-state index contributed by atoms with van der Waals surface area (Å²) in [4.78, 5) is 20.6. The van der Waals surface area contributed by atoms with E-state index >= 15 is 0 Å². The number of amides is 1. The highest BCUT2D eigenvalue weighted by molar-refractivity contribution is 5.76. The fourth-order valence-corrected chi connectivity index (χ4v) is 4.91. The average Bonchev–Trinajstić information content (AvgIpc) is 3.42. The SMILES string of the molecule is [C-]#[N+]c1c(F)ccc([C@H]2CN3CCN(C(=O)CCc4cccc(-n5cnnn5)c4)C[C@@H]3CO2)c1C. The van der Waals surface area contributed by atoms with E-state index in [4.69, 9.17) is 11.3 Å². The molecular formula is C25H26FN7O2. The van der Waals surface area contributed by atoms with Crippen molar-refractivity contribution < 1.29 is 13.9 Å². The standard InChI is InChI=1S/C25H26FN7O2/c1-17-21(7-8-22(26)25(17)27-2)23-14-31-10-11-32(13-20(31)15-35-23)24(34)9-6-18-4-3-5-19(12-18)33-16-28-29-30-33/h3-5,7-8,12,16,20,23H,6,9-11,13-15H2,1H3/t20-,23-/m1/s1. The molecule has 0 saturated carbocycles. The predicted octanol–water partition coefficient (Wildman–Crippen LogP) is 2.88. The van der Waals surface area contributed by atoms with Crippen LogP contribution in [0.15, 0.2) is 42.7 Å². The zero-order chi connectivity index (χ0) is 24.4. The lowest BCUT2D eigenvalue weighted by Crippen LogP contribution is -2.59. The maximum Gasteiger partial charge on any atom is 0.225 e. The number of piperazine rings is 1. The molecule has 1 amide bonds. The summed E-state index contributed by atoms with van der Waals surface area (Å²) in [5.41, 5.74) is 3.48. The maximum atomic E-state index is 13.9. The van der Waals surface area contributed by atoms with Gasteiger partial charge in [0.25, 0.3) is 0 Å². The number of nitrogens with zero attached hydrogens (tertiary/aromatic N) is 7. The summed E-state index contributed by atoms with van der Waals surface area (Å²) in [7, 11) is 0. The number of fused-ring (bicyclic) bond motifs is 1. The number of benzene rings is 2. The van der Waals surface area contributed by atoms with Gasteiger partial charge >= 0.3 is 0 Å². The first-order valence-electron chi connectivity index (χ1n) is 11.7. The number of carbonyl (C=O) groups is 1. The third kappa shape index (κ3) is 4.78. The summed E-state index contributed by atoms with van der Waals surface area (Å²) >= 11 is 0. The van der Waals surface area contributed by atoms with Crippen molar-refractivity contribution >= 4 is 11.6 Å². The van der Waals surface area contributed by atoms with E-state index in [9.17, 15) is 9.18 Å². The molecule has 2 atom stereocenters. The molecule has 0 spiro atoms. The number of hydrogen-bond acceptors (Lipinski definition) is 6. The molecule has 3 aromatic rings. The van der Waals surface area contributed by atoms with Crippen LogP contribution in [0.25, 0.3) is 10.5 Å². The minimum absolute atomic E-state index is 0.0622. The van der Waals surface area contributed by atoms with Crippen LogP contribution in [0.3, 0.4) is 0 Å². The molecule has 0 bridgehead atoms. The maximum absolute atomic E-state index is 13.9. The molecule has 10 heteroatoms. The van der Waals surface area contributed by atoms with Crippen molar-refractivity contribution in [2.24, 2.45) is 0 Å². The summed E-state index contributed by atoms with van der Waals surface area (Å²) in [6, 6.07) is 11.1. The van der Waals surface area contributed by atoms with Crippen LogP contribution in [0.1, 0.15) is 29.2 Å². The van der Waals surface area contributed by atoms with Gasteiger partial charge in [-0.3, -0.25) is 9.69 Å². The average molecular weight is 476 g/mol. The number of halogens is 1. The summed E-state index contributed by atoms with van der Waals surface area (Å²) in [5, 5.41) is 11.2. The van der Waals surface area contributed by atoms with Crippen LogP contribution in [0.4, 0.5) is 10.1 Å². The molecule has 0 N–H and O–H groups in total. The lowest BCUT2D eigenvalue weighted by Gasteiger charge is -2.46. The fraction of sp³-hybridized carbons (Fsp3) is 0.400. The van der Waals surface area contributed by atoms with Crippen molar-refractivity contribution in [1.29, 1.82) is 0 Å². The molecule has 3 heterocycles. The minimum atomic E-state index is -0.496. The Morgan fingerprint density at radius 2 is 2.14 bits per heavy atom. The lowest BCUT2D eigenvalue weighted by atomic mass is 9.98. The predicted molar refractivity (Wildman–Crippen MR) is 126 cm³/mol. The number of aryl methyl sites for hydroxylation is 1. The number of hydrogen-bond donors (Lipinski definition) is 0. The molecule has 1 aromatic heterocycles. The van der Waals surface area contributed by atoms with Crippen LogP contribution < -0.4 is 0 Å². The van der Waals surface area contributed by atoms with Crippen LogP contribution in [0.2, 0.25) is 0 Å². The Hall–Kier alpha value is -3.68. The van der Waals surface area contributed by atoms with Crippen molar-refractivity contribution in [3.05, 3.63) is 76.7 Å². The normalized spacial score (nSPS) is 20.3. The van der Waals surface area contributed by atoms with Gasteiger partial charge in [0.15, 0.2) is 0 Å². The molecule has 0 radical (unpaired) electrons. The first-order valence-corrected chi connectivity index (χ1v) is 11.7. The van der Waals surface area contributed by atoms with E-state index in [1.165, 1.54) is 6.07 Å². The van der Waals surface area contributed by atoms with Gasteiger partial charge in [-0.25, -0.2) is 13.9 Å². The van der Waals surface area contributed by atoms with Crippen molar-refractivity contribution in [3.8, 4) is 5.69 Å². The largest absolute Gasteiger partial charge is 0.371 e. The molecule has 5 rings (SSSR count). The quantitative estimate of drug-likeness (QED) is 0.528. The third-order valence-electron chi connectivity index (χ3n) is 6.88. The molecule has 180 valence electrons. The van der Waals surface area contributed by atoms with Gasteiger partial charge in [-0.2, -0.15) is 0 Å². The van der Waals surface area contributed by atoms with Crippen LogP contribution in [0.5, 0.6) is 0 Å². The number of rotatable bonds is 5. The van der Waals surface area contributed by atoms with Gasteiger partial charge in [0.1, 0.15) is 12.1 Å². The molecule has 0 unspecified atom stereocenters. The van der Waals surface area contributed by atoms with Crippen LogP contribution in [-0.4, -0.2) is 74.7 Å². The van der Waals surface area contributed by atoms with E-state index in [-0.39, 0.29) is 23.7 Å². The van der Waals surface area contributed by atoms with Crippen LogP contribution in [0, 0.1) is 19.3 Å². The lowest BCUT2D eigenvalue weighted by molar-refractivity contribution is -0.140. The van der Waals surface area contributed by atoms with Crippen molar-refractivity contribution in [2.75, 3.05) is 32.8 Å². The molecular weight excluding hydrogens is 449 g/mol. The second kappa shape index (κ2) is 9.90. The molecule has 2 fully saturated rings. The first kappa shape index (κ1) is 23.1. The molecule has 35 heavy (non-hydrogen) atoms. The van der Waals surface area contributed by atoms with Gasteiger partial charge in [0.05, 0.1) is 31.0 Å². The topological polar surface area (TPSA) is 80.7 Å². The van der Waals surface area contributed by atoms with Gasteiger partial charge in [0.2, 0.25) is 11.6 Å². The molecule has 9 nitrogen and oxygen atoms in total. The Bertz CT molecular complexity index is 1260. The molecule has 2 aromatic carbocycles. The minimum Gasteiger partial charge on any atom is -0.371 e. The molecule has 2 aliphatic rings. The third-order valence-corrected chi connectivity index (χ3v) is 6.88. The number of aromatic nitrogens is 4. The molecule has 0 aliphatic carbocycles. The molecule has 2 saturated heterocycles. The Morgan fingerprint density at radius 1 is 1.26 bits per heavy atom. The van der Waals surface area contributed by atoms with E-state index in [0.717, 1.165) is 23.4 Å². The van der Waals surface area contributed by atoms with Gasteiger partial charge < -0.3 is 9.64 Å². The van der Waals surface area contributed by atoms with Crippen molar-refractivity contribution in [2.45, 2.75) is 31.9 Å². The summed E-state index contributed by atoms with van der Waals surface area (Å²) < 4.78 is 21.7. The monoisotopic (exact) mass is 475 g/mol. The Morgan fingerprint density at radius 3 is 2.94 bits per heavy atom. The van der Waals surface area contributed by atoms with Gasteiger partial charge in [-0.05, 0) is 58.7 Å². The van der Waals surface area contributed by atoms with E-state index in [2.05, 4.69) is 25.3 Å². The number of morpholine rings is 1. The number of carbonyl (C=O) groups excluding carboxylic acids is 1. The second-order valence-electron chi connectivity index (χ2n) is 8.96. The van der Waals surface area contributed by atoms with Crippen molar-refractivity contribution in [3.63, 3.8) is 0 Å². The summed E-state index contributed by atoms with van der Waals surface area (Å²) in [6.45, 7) is 12.3. The highest BCUT2D eigenvalue weighted by atomic mass is 19.1. The smallest absolute Gasteiger partial charge is 0.225 e. The van der Waals surface area contributed by atoms with Crippen molar-refractivity contribution in [1.82, 2.24) is 30.0 Å². The van der Waals surface area contributed by atoms with E-state index in [1.54, 1.807) is 24.0 Å². The van der Waals surface area contributed by atoms with Crippen LogP contribution >= 0.6 is 0 Å². The Balaban J connectivity index is 1.17. The Kier molecular flexibility index (Phi) is 6.53. The Labute approximate surface area is 202 Å². The second-order valence-corrected chi connectivity index (χ2v) is 8.96. The van der Waals surface area contributed by atoms with Gasteiger partial charge in [0, 0.05) is 32.6 Å². The fourth-order valence-electron chi connectivity index (χ4n) is 4.91. The summed E-state index contributed by atoms with van der Waals surface area (Å²) in [5.74, 6) is -0.361. The number of ether oxygens (including phenoxy) is 1. The van der Waals surface area contributed by atoms with E-state index in [1.807, 2.05) is 29.2 Å². The first-order chi connectivity index (χ1) is 17.0. The number of tetrazole rings is 1. The van der Waals surface area contributed by atoms with Gasteiger partial charge in [-0.1, -0.05) is 18.2 Å². The zero-order valence-electron chi connectivity index (χ0n) is 19.5. The van der Waals surface area contributed by atoms with Gasteiger partial charge in [-0.15, -0.1) is 5.10 Å². The van der Waals surface area contributed by atoms with E-state index < -0.39 is 5.82 Å². The highest BCUT2D eigenvalue weighted by Gasteiger charge is 2.36. The molecule has 2 aliphatic heterocycles. The van der Waals surface area contributed by atoms with E-state index in [0.29, 0.717) is 44.6 Å².